The Kier molecular flexibility index (Phi) is 28.0. The van der Waals surface area contributed by atoms with E-state index in [1.165, 1.54) is 31.2 Å². The molecule has 0 radical (unpaired) electrons. The smallest absolute Gasteiger partial charge is 0.408 e. The Morgan fingerprint density at radius 1 is 0.465 bits per heavy atom. The SMILES string of the molecule is CCOC(=O)CCC(NC(=O)OCc1ccccc1)C(=O)NC(CCC(=O)OCC)C(=O)NC(Cc1ccc(N([O-])O)cc1)C(=O)NC(CCC(=O)OCC)C(=O)NC(CCC(=O)OCC)C(=O)OCC. The van der Waals surface area contributed by atoms with E-state index in [-0.39, 0.29) is 83.0 Å². The van der Waals surface area contributed by atoms with E-state index in [1.54, 1.807) is 58.0 Å². The Labute approximate surface area is 411 Å². The van der Waals surface area contributed by atoms with Crippen LogP contribution in [0.5, 0.6) is 0 Å². The number of amides is 5. The minimum absolute atomic E-state index is 0.0114. The Hall–Kier alpha value is -7.34. The van der Waals surface area contributed by atoms with Crippen molar-refractivity contribution in [3.05, 3.63) is 70.9 Å². The molecular formula is C47H65N6O18-. The lowest BCUT2D eigenvalue weighted by Crippen LogP contribution is -2.59. The van der Waals surface area contributed by atoms with Crippen molar-refractivity contribution in [3.8, 4) is 0 Å². The number of esters is 5. The van der Waals surface area contributed by atoms with E-state index in [1.807, 2.05) is 0 Å². The molecule has 2 aromatic rings. The molecule has 24 heteroatoms. The van der Waals surface area contributed by atoms with Crippen LogP contribution in [0.3, 0.4) is 0 Å². The molecule has 24 nitrogen and oxygen atoms in total. The third kappa shape index (κ3) is 23.7. The number of carbonyl (C=O) groups excluding carboxylic acids is 10. The first-order valence-electron chi connectivity index (χ1n) is 23.2. The molecule has 2 aromatic carbocycles. The molecule has 0 aliphatic carbocycles. The number of hydrogen-bond acceptors (Lipinski definition) is 19. The topological polar surface area (TPSA) is 333 Å². The Morgan fingerprint density at radius 3 is 1.24 bits per heavy atom. The number of hydrogen-bond donors (Lipinski definition) is 6. The van der Waals surface area contributed by atoms with Gasteiger partial charge in [-0.3, -0.25) is 43.6 Å². The van der Waals surface area contributed by atoms with Gasteiger partial charge in [0.1, 0.15) is 36.8 Å². The Bertz CT molecular complexity index is 2050. The van der Waals surface area contributed by atoms with Crippen LogP contribution in [0.25, 0.3) is 0 Å². The highest BCUT2D eigenvalue weighted by Gasteiger charge is 2.34. The number of nitrogens with zero attached hydrogens (tertiary/aromatic N) is 1. The molecule has 0 saturated heterocycles. The van der Waals surface area contributed by atoms with Crippen molar-refractivity contribution in [2.45, 2.75) is 129 Å². The fraction of sp³-hybridized carbons (Fsp3) is 0.532. The number of carbonyl (C=O) groups is 10. The normalized spacial score (nSPS) is 12.7. The number of nitrogens with one attached hydrogen (secondary N) is 5. The highest BCUT2D eigenvalue weighted by atomic mass is 16.8. The van der Waals surface area contributed by atoms with Gasteiger partial charge in [-0.2, -0.15) is 0 Å². The van der Waals surface area contributed by atoms with Crippen LogP contribution in [0.4, 0.5) is 10.5 Å². The van der Waals surface area contributed by atoms with Crippen molar-refractivity contribution in [3.63, 3.8) is 0 Å². The number of alkyl carbamates (subject to hydrolysis) is 1. The molecular weight excluding hydrogens is 937 g/mol. The van der Waals surface area contributed by atoms with Crippen LogP contribution >= 0.6 is 0 Å². The van der Waals surface area contributed by atoms with Gasteiger partial charge in [-0.15, -0.1) is 0 Å². The van der Waals surface area contributed by atoms with Gasteiger partial charge in [-0.1, -0.05) is 42.5 Å². The van der Waals surface area contributed by atoms with Gasteiger partial charge < -0.3 is 65.4 Å². The lowest BCUT2D eigenvalue weighted by Gasteiger charge is -2.27. The summed E-state index contributed by atoms with van der Waals surface area (Å²) in [5.41, 5.74) is 0.721. The van der Waals surface area contributed by atoms with Crippen LogP contribution in [-0.4, -0.2) is 128 Å². The van der Waals surface area contributed by atoms with Crippen LogP contribution in [-0.2, 0) is 84.6 Å². The second kappa shape index (κ2) is 33.2. The summed E-state index contributed by atoms with van der Waals surface area (Å²) in [4.78, 5) is 132. The summed E-state index contributed by atoms with van der Waals surface area (Å²) in [7, 11) is 0. The molecule has 0 bridgehead atoms. The highest BCUT2D eigenvalue weighted by molar-refractivity contribution is 5.96. The Morgan fingerprint density at radius 2 is 0.831 bits per heavy atom. The highest BCUT2D eigenvalue weighted by Crippen LogP contribution is 2.16. The summed E-state index contributed by atoms with van der Waals surface area (Å²) in [5.74, 6) is -7.91. The second-order valence-corrected chi connectivity index (χ2v) is 15.3. The zero-order chi connectivity index (χ0) is 52.7. The molecule has 0 heterocycles. The summed E-state index contributed by atoms with van der Waals surface area (Å²) in [6.07, 6.45) is -4.38. The third-order valence-corrected chi connectivity index (χ3v) is 9.97. The maximum Gasteiger partial charge on any atom is 0.408 e. The van der Waals surface area contributed by atoms with Gasteiger partial charge in [0.05, 0.1) is 38.7 Å². The van der Waals surface area contributed by atoms with E-state index in [4.69, 9.17) is 28.4 Å². The standard InChI is InChI=1S/C47H65N6O18/c1-6-66-38(54)24-20-33(42(58)50-36(46(62)70-10-5)23-27-41(57)69-9-4)49-45(61)37(28-30-16-18-32(19-17-30)53(64)65)51-43(59)34(21-25-39(55)67-7-2)48-44(60)35(22-26-40(56)68-8-3)52-47(63)71-29-31-14-12-11-13-15-31/h11-19,33-37,64H,6-10,20-29H2,1-5H3,(H,48,60)(H,49,61)(H,50,58)(H,51,59)(H,52,63)/q-1. The predicted molar refractivity (Wildman–Crippen MR) is 249 cm³/mol. The predicted octanol–water partition coefficient (Wildman–Crippen LogP) is 2.09. The quantitative estimate of drug-likeness (QED) is 0.0347. The number of ether oxygens (including phenoxy) is 6. The molecule has 0 spiro atoms. The van der Waals surface area contributed by atoms with Crippen molar-refractivity contribution in [1.29, 1.82) is 0 Å². The molecule has 0 saturated carbocycles. The first kappa shape index (κ1) is 59.8. The molecule has 5 amide bonds. The summed E-state index contributed by atoms with van der Waals surface area (Å²) in [5, 5.41) is 32.9. The van der Waals surface area contributed by atoms with Gasteiger partial charge in [-0.05, 0) is 83.6 Å². The van der Waals surface area contributed by atoms with Gasteiger partial charge >= 0.3 is 35.9 Å². The Balaban J connectivity index is 2.58. The van der Waals surface area contributed by atoms with Gasteiger partial charge in [0.2, 0.25) is 23.6 Å². The zero-order valence-electron chi connectivity index (χ0n) is 40.5. The fourth-order valence-electron chi connectivity index (χ4n) is 6.48. The average molecular weight is 1000 g/mol. The van der Waals surface area contributed by atoms with Crippen LogP contribution in [0.15, 0.2) is 54.6 Å². The maximum absolute atomic E-state index is 14.4. The van der Waals surface area contributed by atoms with Crippen molar-refractivity contribution in [2.24, 2.45) is 0 Å². The molecule has 0 aliphatic rings. The summed E-state index contributed by atoms with van der Waals surface area (Å²) in [6.45, 7) is 7.54. The molecule has 2 rings (SSSR count). The van der Waals surface area contributed by atoms with Crippen LogP contribution in [0.1, 0.15) is 97.1 Å². The van der Waals surface area contributed by atoms with Gasteiger partial charge in [0.15, 0.2) is 0 Å². The van der Waals surface area contributed by atoms with Gasteiger partial charge in [-0.25, -0.2) is 9.59 Å². The van der Waals surface area contributed by atoms with Crippen LogP contribution < -0.4 is 31.8 Å². The van der Waals surface area contributed by atoms with Gasteiger partial charge in [0.25, 0.3) is 0 Å². The number of benzene rings is 2. The summed E-state index contributed by atoms with van der Waals surface area (Å²) >= 11 is 0. The molecule has 71 heavy (non-hydrogen) atoms. The van der Waals surface area contributed by atoms with E-state index >= 15 is 0 Å². The van der Waals surface area contributed by atoms with E-state index in [0.717, 1.165) is 0 Å². The minimum Gasteiger partial charge on any atom is -0.733 e. The van der Waals surface area contributed by atoms with Crippen LogP contribution in [0.2, 0.25) is 0 Å². The minimum atomic E-state index is -1.65. The average Bonchev–Trinajstić information content (AvgIpc) is 3.33. The van der Waals surface area contributed by atoms with Gasteiger partial charge in [0, 0.05) is 32.1 Å². The molecule has 0 fully saturated rings. The molecule has 0 aromatic heterocycles. The van der Waals surface area contributed by atoms with Crippen molar-refractivity contribution >= 4 is 65.3 Å². The molecule has 392 valence electrons. The van der Waals surface area contributed by atoms with E-state index < -0.39 is 121 Å². The van der Waals surface area contributed by atoms with Crippen molar-refractivity contribution in [1.82, 2.24) is 26.6 Å². The molecule has 5 atom stereocenters. The van der Waals surface area contributed by atoms with Crippen molar-refractivity contribution < 1.29 is 81.6 Å². The molecule has 5 unspecified atom stereocenters. The van der Waals surface area contributed by atoms with Crippen molar-refractivity contribution in [2.75, 3.05) is 38.3 Å². The number of rotatable bonds is 32. The van der Waals surface area contributed by atoms with Crippen LogP contribution in [0, 0.1) is 5.21 Å². The summed E-state index contributed by atoms with van der Waals surface area (Å²) < 4.78 is 30.3. The molecule has 0 aliphatic heterocycles. The second-order valence-electron chi connectivity index (χ2n) is 15.3. The maximum atomic E-state index is 14.4. The van der Waals surface area contributed by atoms with E-state index in [9.17, 15) is 58.4 Å². The third-order valence-electron chi connectivity index (χ3n) is 9.97. The largest absolute Gasteiger partial charge is 0.733 e. The monoisotopic (exact) mass is 1000 g/mol. The lowest BCUT2D eigenvalue weighted by molar-refractivity contribution is -0.149. The number of anilines is 1. The first-order valence-corrected chi connectivity index (χ1v) is 23.2. The fourth-order valence-corrected chi connectivity index (χ4v) is 6.48. The van der Waals surface area contributed by atoms with E-state index in [2.05, 4.69) is 26.6 Å². The molecule has 6 N–H and O–H groups in total. The first-order chi connectivity index (χ1) is 33.9. The summed E-state index contributed by atoms with van der Waals surface area (Å²) in [6, 6.07) is 5.85. The van der Waals surface area contributed by atoms with E-state index in [0.29, 0.717) is 5.56 Å². The lowest BCUT2D eigenvalue weighted by atomic mass is 10.0. The zero-order valence-corrected chi connectivity index (χ0v) is 40.5.